The van der Waals surface area contributed by atoms with Crippen LogP contribution in [-0.2, 0) is 67.1 Å². The van der Waals surface area contributed by atoms with E-state index in [2.05, 4.69) is 18.7 Å². The first-order valence-electron chi connectivity index (χ1n) is 92.4. The molecule has 24 nitrogen and oxygen atoms in total. The van der Waals surface area contributed by atoms with Crippen molar-refractivity contribution in [2.24, 2.45) is 70.9 Å². The monoisotopic (exact) mass is 2040 g/mol. The maximum Gasteiger partial charge on any atom is 0.161 e. The predicted molar refractivity (Wildman–Crippen MR) is 555 cm³/mol. The molecule has 12 aliphatic heterocycles. The number of nitrogens with zero attached hydrogens (tertiary/aromatic N) is 6. The van der Waals surface area contributed by atoms with E-state index in [-0.39, 0.29) is 82.5 Å². The van der Waals surface area contributed by atoms with Crippen LogP contribution in [0.1, 0.15) is 416 Å². The number of hydrogen-bond acceptors (Lipinski definition) is 24. The summed E-state index contributed by atoms with van der Waals surface area (Å²) in [6.07, 6.45) is -45.0. The van der Waals surface area contributed by atoms with Crippen LogP contribution in [0.5, 0.6) is 69.0 Å². The molecule has 6 aromatic rings. The topological polar surface area (TPSA) is 233 Å². The number of ether oxygens (including phenoxy) is 12. The smallest absolute Gasteiger partial charge is 0.161 e. The molecule has 0 N–H and O–H groups in total. The summed E-state index contributed by atoms with van der Waals surface area (Å²) < 4.78 is 852. The molecule has 0 bridgehead atoms. The maximum atomic E-state index is 14.1. The van der Waals surface area contributed by atoms with Gasteiger partial charge >= 0.3 is 0 Å². The summed E-state index contributed by atoms with van der Waals surface area (Å²) >= 11 is 0. The normalized spacial score (nSPS) is 45.6. The number of rotatable bonds is 27. The van der Waals surface area contributed by atoms with Crippen LogP contribution in [0, 0.1) is 70.9 Å². The number of ketones is 6. The Morgan fingerprint density at radius 2 is 0.638 bits per heavy atom. The Morgan fingerprint density at radius 1 is 0.333 bits per heavy atom. The molecule has 141 heavy (non-hydrogen) atoms. The third-order valence-corrected chi connectivity index (χ3v) is 23.4. The van der Waals surface area contributed by atoms with Crippen molar-refractivity contribution >= 4 is 34.7 Å². The minimum atomic E-state index is -4.67. The second-order valence-electron chi connectivity index (χ2n) is 33.9. The third-order valence-electron chi connectivity index (χ3n) is 23.4. The van der Waals surface area contributed by atoms with Crippen molar-refractivity contribution in [3.63, 3.8) is 0 Å². The van der Waals surface area contributed by atoms with Crippen molar-refractivity contribution in [2.45, 2.75) is 253 Å². The minimum absolute atomic E-state index is 0.0143. The second-order valence-corrected chi connectivity index (χ2v) is 33.9. The number of aryl methyl sites for hydroxylation is 4. The fourth-order valence-corrected chi connectivity index (χ4v) is 16.8. The van der Waals surface area contributed by atoms with E-state index in [0.717, 1.165) is 25.5 Å². The number of methoxy groups -OCH3 is 12. The molecular formula is C117H168N6O18. The molecule has 0 radical (unpaired) electrons. The first-order chi connectivity index (χ1) is 105. The summed E-state index contributed by atoms with van der Waals surface area (Å²) in [5.41, 5.74) is -6.10. The van der Waals surface area contributed by atoms with E-state index in [9.17, 15) is 31.5 Å². The molecule has 6 fully saturated rings. The van der Waals surface area contributed by atoms with Crippen LogP contribution in [0.25, 0.3) is 0 Å². The standard InChI is InChI=1S/3C20H29NO3.3C19H27NO3/c3*1-5-13(2)8-15-12-21-7-6-14-9-19(23-3)20(24-4)10-16(14)17(21)11-18(15)22;3*1-12(2)7-14-11-20-6-5-13-8-18(22-3)19(23-4)9-15(13)16(20)10-17(14)21/h3*9-10,13,15,17H,5-8,11-12H2,1-4H3;3*8-9,12,14,16H,5-7,10-11H2,1-4H3/i2D3,3D3,4D3,5D2,6D2,7D2,8D2,11D2,12D2,13D,15D,17D;2D3,3D3,4D3,5D2,6D2,7D2,8D2,12D2,13D,17D;2D3,3D3,4D3,5D2,8D2,9D,10D,13D;3D3,4D3,5D2,6D2,10D2,11D2,14D,16D;3D3,4D3,5D2,6D2,11D2,16D;3D3,4D3,8D,9D. The van der Waals surface area contributed by atoms with Gasteiger partial charge in [0.25, 0.3) is 0 Å². The van der Waals surface area contributed by atoms with Gasteiger partial charge < -0.3 is 56.8 Å². The van der Waals surface area contributed by atoms with Crippen molar-refractivity contribution in [2.75, 3.05) is 163 Å². The highest BCUT2D eigenvalue weighted by atomic mass is 16.5. The lowest BCUT2D eigenvalue weighted by atomic mass is 9.79. The Labute approximate surface area is 980 Å². The quantitative estimate of drug-likeness (QED) is 0.0466. The number of piperidine rings is 6. The molecule has 6 aromatic carbocycles. The summed E-state index contributed by atoms with van der Waals surface area (Å²) in [4.78, 5) is 83.7. The molecule has 24 heteroatoms. The summed E-state index contributed by atoms with van der Waals surface area (Å²) in [5.74, 6) is -43.2. The predicted octanol–water partition coefficient (Wildman–Crippen LogP) is 20.6. The van der Waals surface area contributed by atoms with Gasteiger partial charge in [0.1, 0.15) is 34.7 Å². The molecule has 774 valence electrons. The molecule has 0 spiro atoms. The average molecular weight is 2050 g/mol. The molecule has 0 saturated carbocycles. The Hall–Kier alpha value is -9.30. The number of carbonyl (C=O) groups excluding carboxylic acids is 6. The van der Waals surface area contributed by atoms with Gasteiger partial charge in [0.2, 0.25) is 0 Å². The van der Waals surface area contributed by atoms with E-state index in [0.29, 0.717) is 85.6 Å². The van der Waals surface area contributed by atoms with E-state index in [4.69, 9.17) is 188 Å². The molecular weight excluding hydrogens is 1780 g/mol. The Kier molecular flexibility index (Phi) is 13.7. The van der Waals surface area contributed by atoms with E-state index in [1.54, 1.807) is 13.8 Å². The van der Waals surface area contributed by atoms with E-state index in [1.807, 2.05) is 0 Å². The molecule has 0 amide bonds. The zero-order valence-corrected chi connectivity index (χ0v) is 77.0. The highest BCUT2D eigenvalue weighted by Crippen LogP contribution is 2.51. The Morgan fingerprint density at radius 3 is 1.02 bits per heavy atom. The van der Waals surface area contributed by atoms with Crippen LogP contribution in [0.4, 0.5) is 0 Å². The first-order valence-corrected chi connectivity index (χ1v) is 43.4. The zero-order chi connectivity index (χ0) is 187. The van der Waals surface area contributed by atoms with Gasteiger partial charge in [0.05, 0.1) is 145 Å². The largest absolute Gasteiger partial charge is 0.493 e. The van der Waals surface area contributed by atoms with Crippen molar-refractivity contribution < 1.29 is 220 Å². The van der Waals surface area contributed by atoms with Gasteiger partial charge in [-0.15, -0.1) is 0 Å². The number of benzene rings is 6. The molecule has 18 rings (SSSR count). The lowest BCUT2D eigenvalue weighted by molar-refractivity contribution is -0.130. The van der Waals surface area contributed by atoms with Gasteiger partial charge in [-0.3, -0.25) is 58.2 Å². The minimum Gasteiger partial charge on any atom is -0.493 e. The van der Waals surface area contributed by atoms with E-state index in [1.165, 1.54) is 18.7 Å². The molecule has 6 saturated heterocycles. The summed E-state index contributed by atoms with van der Waals surface area (Å²) in [5, 5.41) is 0. The molecule has 0 aromatic heterocycles. The zero-order valence-electron chi connectivity index (χ0n) is 175. The van der Waals surface area contributed by atoms with Gasteiger partial charge in [-0.1, -0.05) is 102 Å². The molecule has 12 aliphatic rings. The molecule has 0 aliphatic carbocycles. The molecule has 12 heterocycles. The van der Waals surface area contributed by atoms with Gasteiger partial charge in [-0.05, 0) is 252 Å². The van der Waals surface area contributed by atoms with Crippen molar-refractivity contribution in [1.29, 1.82) is 0 Å². The van der Waals surface area contributed by atoms with Crippen LogP contribution < -0.4 is 56.8 Å². The Balaban J connectivity index is 0.000000227. The fourth-order valence-electron chi connectivity index (χ4n) is 16.8. The van der Waals surface area contributed by atoms with Crippen molar-refractivity contribution in [3.8, 4) is 69.0 Å². The van der Waals surface area contributed by atoms with E-state index < -0.39 is 514 Å². The van der Waals surface area contributed by atoms with Gasteiger partial charge in [-0.2, -0.15) is 0 Å². The van der Waals surface area contributed by atoms with Crippen LogP contribution >= 0.6 is 0 Å². The lowest BCUT2D eigenvalue weighted by Crippen LogP contribution is -2.46. The summed E-state index contributed by atoms with van der Waals surface area (Å²) in [6, 6.07) is -11.9. The average Bonchev–Trinajstić information content (AvgIpc) is 0.633. The van der Waals surface area contributed by atoms with Gasteiger partial charge in [0, 0.05) is 262 Å². The van der Waals surface area contributed by atoms with Crippen LogP contribution in [0.15, 0.2) is 72.7 Å². The van der Waals surface area contributed by atoms with Crippen LogP contribution in [-0.4, -0.2) is 227 Å². The molecule has 15 atom stereocenters. The number of Topliss-reactive ketones (excluding diaryl/α,β-unsaturated/α-hetero) is 6. The van der Waals surface area contributed by atoms with Gasteiger partial charge in [-0.25, -0.2) is 0 Å². The molecule has 15 unspecified atom stereocenters. The summed E-state index contributed by atoms with van der Waals surface area (Å²) in [7, 11) is -38.3. The lowest BCUT2D eigenvalue weighted by Gasteiger charge is -2.43. The number of hydrogen-bond donors (Lipinski definition) is 0. The highest BCUT2D eigenvalue weighted by molar-refractivity contribution is 5.86. The van der Waals surface area contributed by atoms with E-state index >= 15 is 0 Å². The number of fused-ring (bicyclic) bond motifs is 18. The summed E-state index contributed by atoms with van der Waals surface area (Å²) in [6.45, 7) is -27.8. The van der Waals surface area contributed by atoms with Crippen molar-refractivity contribution in [1.82, 2.24) is 29.4 Å². The third kappa shape index (κ3) is 25.6. The number of carbonyl (C=O) groups is 6. The van der Waals surface area contributed by atoms with Gasteiger partial charge in [0.15, 0.2) is 69.0 Å². The Bertz CT molecular complexity index is 9890. The van der Waals surface area contributed by atoms with Crippen LogP contribution in [0.3, 0.4) is 0 Å². The van der Waals surface area contributed by atoms with Crippen LogP contribution in [0.2, 0.25) is 0 Å². The highest BCUT2D eigenvalue weighted by Gasteiger charge is 2.47. The fraction of sp³-hybridized carbons (Fsp3) is 0.641. The first kappa shape index (κ1) is 38.5. The SMILES string of the molecule is [2H]C([2H])([2H])Oc1cc2c(cc1OC([2H])([2H])[2H])C([2H])([2H])C([2H])([2H])N1C2([2H])CC(=O)C(C([2H])([2H])C([2H])(C([2H])([2H])[2H])C([2H])([2H])C)C1([2H])[2H].[2H]C([2H])([2H])Oc1cc2c(cc1OC([2H])([2H])[2H])C([2H])([2H])C([2H])([2H])N1C2([2H])CC(=O)C(CC(C)C)C1([2H])[2H].[2H]C([2H])([2H])Oc1cc2c(cc1OC([2H])([2H])[2H])C1([2H])N(C([2H])([2H])C([2H])(CC(C)C)C(=O)C1([2H])[2H])C([2H])([2H])C2([2H])[2H].[2H]C([2H])([2H])Oc1cc2c(cc1OC([2H])([2H])[2H])C1([2H])N(C([2H])([2H])C2([2H])[2H])C([2H])([2H])C([2H])(C([2H])([2H])C([2H])(C([2H])([2H])[2H])C([2H])([2H])C)C(=O)C1([2H])[2H].[2H]c1c2c(c([2H])c(OC([2H])([2H])[2H])c1OC([2H])([2H])[2H])C1CC(=O)C(C([2H])([2H])C([2H])(C([2H])([2H])[2H])C([2H])([2H])C)CN1CC2.[2H]c1c2c(c([2H])c(OC([2H])([2H])[2H])c1OC([2H])([2H])[2H])C1CC(=O)C(CC(C)C)CN1CC2. The second kappa shape index (κ2) is 50.0. The van der Waals surface area contributed by atoms with Crippen molar-refractivity contribution in [3.05, 3.63) is 139 Å². The maximum absolute atomic E-state index is 14.1.